The van der Waals surface area contributed by atoms with E-state index in [0.717, 1.165) is 13.0 Å². The van der Waals surface area contributed by atoms with Gasteiger partial charge in [0.2, 0.25) is 0 Å². The van der Waals surface area contributed by atoms with E-state index in [-0.39, 0.29) is 5.41 Å². The average Bonchev–Trinajstić information content (AvgIpc) is 2.61. The lowest BCUT2D eigenvalue weighted by Gasteiger charge is -2.13. The van der Waals surface area contributed by atoms with E-state index in [2.05, 4.69) is 67.7 Å². The fourth-order valence-electron chi connectivity index (χ4n) is 2.55. The molecule has 18 heavy (non-hydrogen) atoms. The molecule has 0 saturated carbocycles. The number of fused-ring (bicyclic) bond motifs is 2. The molecule has 0 aromatic heterocycles. The van der Waals surface area contributed by atoms with Crippen molar-refractivity contribution in [1.29, 1.82) is 0 Å². The van der Waals surface area contributed by atoms with Crippen LogP contribution >= 0.6 is 0 Å². The molecule has 1 nitrogen and oxygen atoms in total. The first kappa shape index (κ1) is 11.3. The molecular weight excluding hydrogens is 218 g/mol. The molecule has 0 fully saturated rings. The highest BCUT2D eigenvalue weighted by molar-refractivity contribution is 5.86. The third kappa shape index (κ3) is 2.01. The van der Waals surface area contributed by atoms with Crippen molar-refractivity contribution in [2.24, 2.45) is 5.41 Å². The highest BCUT2D eigenvalue weighted by atomic mass is 14.9. The molecule has 1 aliphatic heterocycles. The molecule has 0 saturated heterocycles. The van der Waals surface area contributed by atoms with Gasteiger partial charge in [0.05, 0.1) is 0 Å². The Morgan fingerprint density at radius 1 is 1.06 bits per heavy atom. The van der Waals surface area contributed by atoms with Gasteiger partial charge in [0.1, 0.15) is 0 Å². The second kappa shape index (κ2) is 4.16. The zero-order valence-corrected chi connectivity index (χ0v) is 11.0. The lowest BCUT2D eigenvalue weighted by Crippen LogP contribution is -2.02. The van der Waals surface area contributed by atoms with Crippen molar-refractivity contribution >= 4 is 11.3 Å². The van der Waals surface area contributed by atoms with Gasteiger partial charge >= 0.3 is 0 Å². The van der Waals surface area contributed by atoms with E-state index in [1.165, 1.54) is 22.4 Å². The minimum absolute atomic E-state index is 0.147. The molecule has 3 rings (SSSR count). The van der Waals surface area contributed by atoms with E-state index in [0.29, 0.717) is 0 Å². The fraction of sp³-hybridized carbons (Fsp3) is 0.294. The number of benzene rings is 1. The Morgan fingerprint density at radius 2 is 1.83 bits per heavy atom. The Balaban J connectivity index is 2.17. The first-order valence-electron chi connectivity index (χ1n) is 6.61. The van der Waals surface area contributed by atoms with Gasteiger partial charge < -0.3 is 5.32 Å². The van der Waals surface area contributed by atoms with Gasteiger partial charge in [0, 0.05) is 23.2 Å². The van der Waals surface area contributed by atoms with Gasteiger partial charge in [-0.2, -0.15) is 0 Å². The molecule has 92 valence electrons. The predicted octanol–water partition coefficient (Wildman–Crippen LogP) is 4.41. The summed E-state index contributed by atoms with van der Waals surface area (Å²) in [6.45, 7) is 5.50. The minimum atomic E-state index is 0.147. The van der Waals surface area contributed by atoms with Gasteiger partial charge in [0.15, 0.2) is 0 Å². The first-order valence-corrected chi connectivity index (χ1v) is 6.61. The molecule has 2 aliphatic rings. The van der Waals surface area contributed by atoms with Gasteiger partial charge in [-0.05, 0) is 23.6 Å². The van der Waals surface area contributed by atoms with Crippen molar-refractivity contribution < 1.29 is 0 Å². The Morgan fingerprint density at radius 3 is 2.72 bits per heavy atom. The maximum Gasteiger partial charge on any atom is 0.0420 e. The number of allylic oxidation sites excluding steroid dienone is 5. The Kier molecular flexibility index (Phi) is 2.62. The zero-order chi connectivity index (χ0) is 12.6. The summed E-state index contributed by atoms with van der Waals surface area (Å²) in [6.07, 6.45) is 10.3. The monoisotopic (exact) mass is 237 g/mol. The zero-order valence-electron chi connectivity index (χ0n) is 11.0. The number of hydrogen-bond acceptors (Lipinski definition) is 1. The molecule has 1 aromatic carbocycles. The smallest absolute Gasteiger partial charge is 0.0420 e. The van der Waals surface area contributed by atoms with E-state index in [1.54, 1.807) is 0 Å². The minimum Gasteiger partial charge on any atom is -0.384 e. The average molecular weight is 237 g/mol. The number of rotatable bonds is 0. The topological polar surface area (TPSA) is 12.0 Å². The van der Waals surface area contributed by atoms with Crippen LogP contribution in [0.1, 0.15) is 25.8 Å². The van der Waals surface area contributed by atoms with Crippen molar-refractivity contribution in [2.75, 3.05) is 11.9 Å². The SMILES string of the molecule is CC1(C)C=CC2=C(C=C1)c1ccccc1NCC2. The third-order valence-corrected chi connectivity index (χ3v) is 3.67. The molecule has 1 N–H and O–H groups in total. The number of nitrogens with one attached hydrogen (secondary N) is 1. The van der Waals surface area contributed by atoms with Crippen LogP contribution in [0.25, 0.3) is 5.57 Å². The summed E-state index contributed by atoms with van der Waals surface area (Å²) < 4.78 is 0. The number of hydrogen-bond donors (Lipinski definition) is 1. The van der Waals surface area contributed by atoms with Crippen LogP contribution in [0, 0.1) is 5.41 Å². The third-order valence-electron chi connectivity index (χ3n) is 3.67. The van der Waals surface area contributed by atoms with Crippen molar-refractivity contribution in [3.05, 3.63) is 59.7 Å². The molecule has 1 aliphatic carbocycles. The maximum atomic E-state index is 3.51. The number of para-hydroxylation sites is 1. The molecular formula is C17H19N. The molecule has 0 radical (unpaired) electrons. The molecule has 0 amide bonds. The molecule has 0 bridgehead atoms. The quantitative estimate of drug-likeness (QED) is 0.705. The molecule has 0 atom stereocenters. The van der Waals surface area contributed by atoms with Gasteiger partial charge in [-0.3, -0.25) is 0 Å². The van der Waals surface area contributed by atoms with Gasteiger partial charge in [-0.1, -0.05) is 56.4 Å². The van der Waals surface area contributed by atoms with Gasteiger partial charge in [-0.25, -0.2) is 0 Å². The highest BCUT2D eigenvalue weighted by Crippen LogP contribution is 2.36. The van der Waals surface area contributed by atoms with Crippen LogP contribution in [-0.4, -0.2) is 6.54 Å². The second-order valence-electron chi connectivity index (χ2n) is 5.65. The maximum absolute atomic E-state index is 3.51. The molecule has 0 spiro atoms. The molecule has 1 heterocycles. The van der Waals surface area contributed by atoms with Crippen LogP contribution < -0.4 is 5.32 Å². The number of anilines is 1. The van der Waals surface area contributed by atoms with Crippen molar-refractivity contribution in [1.82, 2.24) is 0 Å². The Labute approximate surface area is 109 Å². The predicted molar refractivity (Wildman–Crippen MR) is 78.5 cm³/mol. The lowest BCUT2D eigenvalue weighted by atomic mass is 9.92. The van der Waals surface area contributed by atoms with E-state index in [4.69, 9.17) is 0 Å². The van der Waals surface area contributed by atoms with Crippen LogP contribution in [-0.2, 0) is 0 Å². The summed E-state index contributed by atoms with van der Waals surface area (Å²) in [4.78, 5) is 0. The lowest BCUT2D eigenvalue weighted by molar-refractivity contribution is 0.627. The van der Waals surface area contributed by atoms with Crippen molar-refractivity contribution in [3.63, 3.8) is 0 Å². The molecule has 1 heteroatoms. The molecule has 1 aromatic rings. The van der Waals surface area contributed by atoms with Crippen LogP contribution in [0.15, 0.2) is 54.1 Å². The first-order chi connectivity index (χ1) is 8.66. The van der Waals surface area contributed by atoms with Crippen molar-refractivity contribution in [2.45, 2.75) is 20.3 Å². The standard InChI is InChI=1S/C17H19N/c1-17(2)10-7-13-9-12-18-16-6-4-3-5-15(16)14(13)8-11-17/h3-8,10-11,18H,9,12H2,1-2H3. The summed E-state index contributed by atoms with van der Waals surface area (Å²) in [5.41, 5.74) is 5.53. The van der Waals surface area contributed by atoms with Gasteiger partial charge in [-0.15, -0.1) is 0 Å². The van der Waals surface area contributed by atoms with Crippen LogP contribution in [0.3, 0.4) is 0 Å². The summed E-state index contributed by atoms with van der Waals surface area (Å²) in [7, 11) is 0. The van der Waals surface area contributed by atoms with Crippen LogP contribution in [0.5, 0.6) is 0 Å². The summed E-state index contributed by atoms with van der Waals surface area (Å²) >= 11 is 0. The summed E-state index contributed by atoms with van der Waals surface area (Å²) in [6, 6.07) is 8.58. The Bertz CT molecular complexity index is 559. The summed E-state index contributed by atoms with van der Waals surface area (Å²) in [5, 5.41) is 3.51. The van der Waals surface area contributed by atoms with Gasteiger partial charge in [0.25, 0.3) is 0 Å². The molecule has 0 unspecified atom stereocenters. The Hall–Kier alpha value is -1.76. The normalized spacial score (nSPS) is 20.6. The van der Waals surface area contributed by atoms with Crippen LogP contribution in [0.2, 0.25) is 0 Å². The van der Waals surface area contributed by atoms with E-state index in [1.807, 2.05) is 0 Å². The highest BCUT2D eigenvalue weighted by Gasteiger charge is 2.18. The van der Waals surface area contributed by atoms with Crippen LogP contribution in [0.4, 0.5) is 5.69 Å². The van der Waals surface area contributed by atoms with E-state index < -0.39 is 0 Å². The van der Waals surface area contributed by atoms with E-state index >= 15 is 0 Å². The summed E-state index contributed by atoms with van der Waals surface area (Å²) in [5.74, 6) is 0. The van der Waals surface area contributed by atoms with E-state index in [9.17, 15) is 0 Å². The largest absolute Gasteiger partial charge is 0.384 e. The fourth-order valence-corrected chi connectivity index (χ4v) is 2.55. The van der Waals surface area contributed by atoms with Crippen molar-refractivity contribution in [3.8, 4) is 0 Å². The second-order valence-corrected chi connectivity index (χ2v) is 5.65.